The van der Waals surface area contributed by atoms with Crippen LogP contribution in [0, 0.1) is 0 Å². The number of carbonyl (C=O) groups is 9. The Morgan fingerprint density at radius 2 is 0.978 bits per heavy atom. The molecule has 4 rings (SSSR count). The standard InChI is InChI=1S/C61H92N14O17/c1-2-51(76)64-18-19-67-61(87)71-59(62)66-17-7-12-50(57(84)68-39-45-13-15-46(16-14-45)40-69-60(63)86)70-58(85)56(47-8-4-3-5-9-47)48-10-6-11-49(38-48)92-37-36-91-35-34-90-33-32-89-31-30-88-29-20-65-52(77)41-72-21-23-73(42-53(78)79)25-27-75(44-55(82)83)28-26-74(24-22-72)43-54(80)81/h3-6,8-11,13-16,38,50,56H,2,7,12,17-37,39-44H2,1H3,(H,64,76)(H,65,77)(H,68,84)(H,70,85)(H,78,79)(H,80,81)(H,82,83)(H3,63,69,86)(H4,62,66,67,71,87)/t50-,56?/m1/s1. The fourth-order valence-electron chi connectivity index (χ4n) is 9.22. The van der Waals surface area contributed by atoms with Gasteiger partial charge < -0.3 is 87.7 Å². The number of guanidine groups is 1. The summed E-state index contributed by atoms with van der Waals surface area (Å²) >= 11 is 0. The summed E-state index contributed by atoms with van der Waals surface area (Å²) in [6.45, 7) is 6.93. The number of amides is 8. The van der Waals surface area contributed by atoms with E-state index in [4.69, 9.17) is 35.2 Å². The summed E-state index contributed by atoms with van der Waals surface area (Å²) in [6, 6.07) is 21.1. The van der Waals surface area contributed by atoms with Gasteiger partial charge >= 0.3 is 30.0 Å². The SMILES string of the molecule is CCC(=O)NCCNC(=O)/N=C(/N)NCCC[C@@H](NC(=O)C(c1ccccc1)c1cccc(OCCOCCOCCOCCOCCNC(=O)CN2CCN(CC(=O)O)CCN(CC(=O)O)CCN(CC(=O)O)CC2)c1)C(=O)NCc1ccc(CNC(N)=O)cc1. The van der Waals surface area contributed by atoms with Crippen LogP contribution in [0.4, 0.5) is 9.59 Å². The highest BCUT2D eigenvalue weighted by molar-refractivity contribution is 5.93. The molecule has 92 heavy (non-hydrogen) atoms. The first kappa shape index (κ1) is 75.9. The van der Waals surface area contributed by atoms with Crippen molar-refractivity contribution < 1.29 is 82.2 Å². The lowest BCUT2D eigenvalue weighted by Gasteiger charge is -2.32. The van der Waals surface area contributed by atoms with E-state index in [-0.39, 0.29) is 142 Å². The Morgan fingerprint density at radius 3 is 1.50 bits per heavy atom. The highest BCUT2D eigenvalue weighted by atomic mass is 16.6. The maximum Gasteiger partial charge on any atom is 0.344 e. The number of benzene rings is 3. The Bertz CT molecular complexity index is 2740. The zero-order valence-corrected chi connectivity index (χ0v) is 52.3. The van der Waals surface area contributed by atoms with Crippen molar-refractivity contribution in [2.75, 3.05) is 164 Å². The van der Waals surface area contributed by atoms with E-state index >= 15 is 0 Å². The van der Waals surface area contributed by atoms with Crippen LogP contribution in [0.3, 0.4) is 0 Å². The molecule has 2 atom stereocenters. The molecule has 0 spiro atoms. The third-order valence-electron chi connectivity index (χ3n) is 14.0. The average molecular weight is 1290 g/mol. The van der Waals surface area contributed by atoms with Crippen molar-refractivity contribution in [2.45, 2.75) is 51.2 Å². The topological polar surface area (TPSA) is 422 Å². The van der Waals surface area contributed by atoms with E-state index in [1.807, 2.05) is 35.2 Å². The third kappa shape index (κ3) is 34.0. The van der Waals surface area contributed by atoms with Crippen molar-refractivity contribution >= 4 is 59.6 Å². The molecule has 1 fully saturated rings. The predicted molar refractivity (Wildman–Crippen MR) is 337 cm³/mol. The van der Waals surface area contributed by atoms with Crippen molar-refractivity contribution in [2.24, 2.45) is 16.5 Å². The van der Waals surface area contributed by atoms with Crippen LogP contribution in [-0.4, -0.2) is 265 Å². The second-order valence-electron chi connectivity index (χ2n) is 21.2. The van der Waals surface area contributed by atoms with Gasteiger partial charge in [0.2, 0.25) is 23.6 Å². The number of carbonyl (C=O) groups excluding carboxylic acids is 6. The monoisotopic (exact) mass is 1290 g/mol. The highest BCUT2D eigenvalue weighted by Crippen LogP contribution is 2.28. The molecule has 0 bridgehead atoms. The summed E-state index contributed by atoms with van der Waals surface area (Å²) < 4.78 is 28.6. The molecule has 14 N–H and O–H groups in total. The van der Waals surface area contributed by atoms with E-state index in [9.17, 15) is 58.5 Å². The lowest BCUT2D eigenvalue weighted by molar-refractivity contribution is -0.140. The van der Waals surface area contributed by atoms with Gasteiger partial charge in [0.05, 0.1) is 85.0 Å². The molecular formula is C61H92N14O17. The van der Waals surface area contributed by atoms with E-state index in [0.717, 1.165) is 11.1 Å². The molecule has 1 heterocycles. The number of aliphatic carboxylic acids is 3. The normalized spacial score (nSPS) is 14.5. The first-order valence-corrected chi connectivity index (χ1v) is 30.6. The lowest BCUT2D eigenvalue weighted by Crippen LogP contribution is -2.50. The lowest BCUT2D eigenvalue weighted by atomic mass is 9.90. The number of aliphatic imine (C=N–C) groups is 1. The molecule has 1 aliphatic rings. The number of carboxylic acid groups (broad SMARTS) is 3. The molecule has 1 aliphatic heterocycles. The molecule has 0 saturated carbocycles. The average Bonchev–Trinajstić information content (AvgIpc) is 0.948. The molecule has 1 saturated heterocycles. The molecule has 0 aromatic heterocycles. The van der Waals surface area contributed by atoms with Gasteiger partial charge in [0.15, 0.2) is 5.96 Å². The second-order valence-corrected chi connectivity index (χ2v) is 21.2. The van der Waals surface area contributed by atoms with Crippen LogP contribution < -0.4 is 53.4 Å². The first-order valence-electron chi connectivity index (χ1n) is 30.6. The summed E-state index contributed by atoms with van der Waals surface area (Å²) in [5, 5.41) is 47.6. The first-order chi connectivity index (χ1) is 44.4. The number of hydrogen-bond acceptors (Lipinski definition) is 18. The summed E-state index contributed by atoms with van der Waals surface area (Å²) in [6.07, 6.45) is 0.806. The van der Waals surface area contributed by atoms with E-state index in [0.29, 0.717) is 88.9 Å². The minimum Gasteiger partial charge on any atom is -0.491 e. The van der Waals surface area contributed by atoms with Gasteiger partial charge in [0.25, 0.3) is 0 Å². The van der Waals surface area contributed by atoms with Gasteiger partial charge in [-0.1, -0.05) is 73.7 Å². The minimum absolute atomic E-state index is 0.00595. The predicted octanol–water partition coefficient (Wildman–Crippen LogP) is -1.25. The Hall–Kier alpha value is -8.56. The zero-order valence-electron chi connectivity index (χ0n) is 52.3. The fraction of sp³-hybridized carbons (Fsp3) is 0.541. The van der Waals surface area contributed by atoms with Crippen LogP contribution in [-0.2, 0) is 65.6 Å². The largest absolute Gasteiger partial charge is 0.491 e. The fourth-order valence-corrected chi connectivity index (χ4v) is 9.22. The number of rotatable bonds is 41. The van der Waals surface area contributed by atoms with Crippen LogP contribution >= 0.6 is 0 Å². The van der Waals surface area contributed by atoms with Gasteiger partial charge in [-0.05, 0) is 47.2 Å². The second kappa shape index (κ2) is 44.8. The van der Waals surface area contributed by atoms with Crippen LogP contribution in [0.15, 0.2) is 83.9 Å². The molecule has 31 heteroatoms. The van der Waals surface area contributed by atoms with Crippen molar-refractivity contribution in [3.05, 3.63) is 101 Å². The summed E-state index contributed by atoms with van der Waals surface area (Å²) in [5.74, 6) is -4.95. The van der Waals surface area contributed by atoms with Crippen molar-refractivity contribution in [3.8, 4) is 5.75 Å². The van der Waals surface area contributed by atoms with Crippen LogP contribution in [0.5, 0.6) is 5.75 Å². The number of ether oxygens (including phenoxy) is 5. The van der Waals surface area contributed by atoms with E-state index in [2.05, 4.69) is 42.2 Å². The number of urea groups is 2. The van der Waals surface area contributed by atoms with E-state index < -0.39 is 53.7 Å². The Morgan fingerprint density at radius 1 is 0.500 bits per heavy atom. The molecule has 0 radical (unpaired) electrons. The Labute approximate surface area is 535 Å². The van der Waals surface area contributed by atoms with Gasteiger partial charge in [0.1, 0.15) is 18.4 Å². The third-order valence-corrected chi connectivity index (χ3v) is 14.0. The highest BCUT2D eigenvalue weighted by Gasteiger charge is 2.29. The van der Waals surface area contributed by atoms with Gasteiger partial charge in [0, 0.05) is 98.0 Å². The number of primary amides is 1. The van der Waals surface area contributed by atoms with Crippen LogP contribution in [0.25, 0.3) is 0 Å². The van der Waals surface area contributed by atoms with Gasteiger partial charge in [-0.3, -0.25) is 53.2 Å². The molecule has 3 aromatic carbocycles. The van der Waals surface area contributed by atoms with E-state index in [1.165, 1.54) is 0 Å². The van der Waals surface area contributed by atoms with Crippen molar-refractivity contribution in [3.63, 3.8) is 0 Å². The van der Waals surface area contributed by atoms with Gasteiger partial charge in [-0.2, -0.15) is 4.99 Å². The quantitative estimate of drug-likeness (QED) is 0.0179. The molecule has 8 amide bonds. The summed E-state index contributed by atoms with van der Waals surface area (Å²) in [4.78, 5) is 122. The van der Waals surface area contributed by atoms with E-state index in [1.54, 1.807) is 70.2 Å². The number of nitrogens with zero attached hydrogens (tertiary/aromatic N) is 5. The number of hydrogen-bond donors (Lipinski definition) is 12. The van der Waals surface area contributed by atoms with Gasteiger partial charge in [-0.15, -0.1) is 0 Å². The number of carboxylic acids is 3. The van der Waals surface area contributed by atoms with Crippen molar-refractivity contribution in [1.29, 1.82) is 0 Å². The molecule has 31 nitrogen and oxygen atoms in total. The number of nitrogens with two attached hydrogens (primary N) is 2. The number of nitrogens with one attached hydrogen (secondary N) is 7. The Kier molecular flexibility index (Phi) is 37.0. The zero-order chi connectivity index (χ0) is 66.7. The summed E-state index contributed by atoms with van der Waals surface area (Å²) in [7, 11) is 0. The molecule has 508 valence electrons. The minimum atomic E-state index is -1.04. The Balaban J connectivity index is 1.17. The summed E-state index contributed by atoms with van der Waals surface area (Å²) in [5.41, 5.74) is 14.0. The van der Waals surface area contributed by atoms with Gasteiger partial charge in [-0.25, -0.2) is 9.59 Å². The van der Waals surface area contributed by atoms with Crippen LogP contribution in [0.1, 0.15) is 54.4 Å². The van der Waals surface area contributed by atoms with Crippen LogP contribution in [0.2, 0.25) is 0 Å². The maximum absolute atomic E-state index is 14.5. The molecular weight excluding hydrogens is 1200 g/mol. The molecule has 3 aromatic rings. The maximum atomic E-state index is 14.5. The smallest absolute Gasteiger partial charge is 0.344 e. The molecule has 1 unspecified atom stereocenters. The van der Waals surface area contributed by atoms with Crippen molar-refractivity contribution in [1.82, 2.24) is 56.8 Å². The molecule has 0 aliphatic carbocycles.